The lowest BCUT2D eigenvalue weighted by molar-refractivity contribution is 0.0114. The second kappa shape index (κ2) is 4.52. The fourth-order valence-electron chi connectivity index (χ4n) is 1.85. The lowest BCUT2D eigenvalue weighted by Gasteiger charge is -2.16. The van der Waals surface area contributed by atoms with Crippen molar-refractivity contribution in [3.8, 4) is 0 Å². The van der Waals surface area contributed by atoms with E-state index in [1.807, 2.05) is 0 Å². The Morgan fingerprint density at radius 1 is 1.38 bits per heavy atom. The molecule has 0 amide bonds. The first-order chi connectivity index (χ1) is 7.46. The van der Waals surface area contributed by atoms with E-state index in [0.717, 1.165) is 3.57 Å². The molecule has 1 aromatic rings. The van der Waals surface area contributed by atoms with Gasteiger partial charge in [0.15, 0.2) is 0 Å². The van der Waals surface area contributed by atoms with E-state index < -0.39 is 5.92 Å². The van der Waals surface area contributed by atoms with Crippen LogP contribution >= 0.6 is 22.6 Å². The van der Waals surface area contributed by atoms with Gasteiger partial charge in [0.2, 0.25) is 0 Å². The van der Waals surface area contributed by atoms with Gasteiger partial charge in [0.1, 0.15) is 5.82 Å². The number of benzene rings is 1. The molecular formula is C11H11F3IN. The molecule has 0 atom stereocenters. The third-order valence-corrected chi connectivity index (χ3v) is 3.32. The highest BCUT2D eigenvalue weighted by Crippen LogP contribution is 2.28. The van der Waals surface area contributed by atoms with Crippen molar-refractivity contribution in [2.75, 3.05) is 13.1 Å². The number of hydrogen-bond acceptors (Lipinski definition) is 1. The van der Waals surface area contributed by atoms with Gasteiger partial charge in [0.05, 0.1) is 6.54 Å². The molecule has 5 heteroatoms. The van der Waals surface area contributed by atoms with Crippen molar-refractivity contribution < 1.29 is 13.2 Å². The molecule has 0 aromatic heterocycles. The highest BCUT2D eigenvalue weighted by molar-refractivity contribution is 14.1. The number of hydrogen-bond donors (Lipinski definition) is 0. The average molecular weight is 341 g/mol. The smallest absolute Gasteiger partial charge is 0.261 e. The first-order valence-corrected chi connectivity index (χ1v) is 6.08. The summed E-state index contributed by atoms with van der Waals surface area (Å²) < 4.78 is 40.2. The van der Waals surface area contributed by atoms with Gasteiger partial charge < -0.3 is 0 Å². The zero-order valence-corrected chi connectivity index (χ0v) is 10.7. The molecule has 16 heavy (non-hydrogen) atoms. The average Bonchev–Trinajstić information content (AvgIpc) is 2.52. The van der Waals surface area contributed by atoms with E-state index in [1.165, 1.54) is 6.07 Å². The number of nitrogens with zero attached hydrogens (tertiary/aromatic N) is 1. The molecule has 1 aliphatic heterocycles. The standard InChI is InChI=1S/C11H11F3IN/c12-10-2-1-9(15)5-8(10)6-16-4-3-11(13,14)7-16/h1-2,5H,3-4,6-7H2. The fourth-order valence-corrected chi connectivity index (χ4v) is 2.40. The van der Waals surface area contributed by atoms with Crippen LogP contribution in [0.4, 0.5) is 13.2 Å². The van der Waals surface area contributed by atoms with E-state index in [-0.39, 0.29) is 25.3 Å². The minimum absolute atomic E-state index is 0.126. The van der Waals surface area contributed by atoms with Gasteiger partial charge in [-0.25, -0.2) is 13.2 Å². The van der Waals surface area contributed by atoms with E-state index in [1.54, 1.807) is 17.0 Å². The van der Waals surface area contributed by atoms with Crippen molar-refractivity contribution in [3.05, 3.63) is 33.1 Å². The van der Waals surface area contributed by atoms with Crippen LogP contribution in [0.2, 0.25) is 0 Å². The molecule has 1 aliphatic rings. The predicted molar refractivity (Wildman–Crippen MR) is 64.0 cm³/mol. The van der Waals surface area contributed by atoms with E-state index in [9.17, 15) is 13.2 Å². The third kappa shape index (κ3) is 2.88. The van der Waals surface area contributed by atoms with E-state index >= 15 is 0 Å². The molecule has 1 aromatic carbocycles. The molecule has 1 saturated heterocycles. The number of rotatable bonds is 2. The molecule has 0 unspecified atom stereocenters. The van der Waals surface area contributed by atoms with Gasteiger partial charge in [0, 0.05) is 28.6 Å². The van der Waals surface area contributed by atoms with Gasteiger partial charge >= 0.3 is 0 Å². The first-order valence-electron chi connectivity index (χ1n) is 5.00. The summed E-state index contributed by atoms with van der Waals surface area (Å²) in [5.41, 5.74) is 0.490. The largest absolute Gasteiger partial charge is 0.293 e. The SMILES string of the molecule is Fc1ccc(I)cc1CN1CCC(F)(F)C1. The molecule has 0 N–H and O–H groups in total. The zero-order valence-electron chi connectivity index (χ0n) is 8.52. The predicted octanol–water partition coefficient (Wildman–Crippen LogP) is 3.27. The summed E-state index contributed by atoms with van der Waals surface area (Å²) in [5.74, 6) is -2.94. The van der Waals surface area contributed by atoms with Gasteiger partial charge in [-0.3, -0.25) is 4.90 Å². The zero-order chi connectivity index (χ0) is 11.8. The summed E-state index contributed by atoms with van der Waals surface area (Å²) in [6.45, 7) is 0.327. The Morgan fingerprint density at radius 3 is 2.75 bits per heavy atom. The maximum Gasteiger partial charge on any atom is 0.261 e. The second-order valence-corrected chi connectivity index (χ2v) is 5.30. The Bertz CT molecular complexity index is 395. The van der Waals surface area contributed by atoms with Crippen molar-refractivity contribution in [1.29, 1.82) is 0 Å². The van der Waals surface area contributed by atoms with Crippen LogP contribution < -0.4 is 0 Å². The highest BCUT2D eigenvalue weighted by atomic mass is 127. The maximum atomic E-state index is 13.4. The lowest BCUT2D eigenvalue weighted by atomic mass is 10.2. The lowest BCUT2D eigenvalue weighted by Crippen LogP contribution is -2.25. The number of halogens is 4. The monoisotopic (exact) mass is 341 g/mol. The number of likely N-dealkylation sites (tertiary alicyclic amines) is 1. The summed E-state index contributed by atoms with van der Waals surface area (Å²) in [7, 11) is 0. The molecule has 0 saturated carbocycles. The Balaban J connectivity index is 2.07. The molecule has 1 nitrogen and oxygen atoms in total. The van der Waals surface area contributed by atoms with Crippen LogP contribution in [0.5, 0.6) is 0 Å². The van der Waals surface area contributed by atoms with Gasteiger partial charge in [-0.2, -0.15) is 0 Å². The summed E-state index contributed by atoms with van der Waals surface area (Å²) in [6, 6.07) is 4.75. The number of alkyl halides is 2. The summed E-state index contributed by atoms with van der Waals surface area (Å²) >= 11 is 2.08. The fraction of sp³-hybridized carbons (Fsp3) is 0.455. The first kappa shape index (κ1) is 12.2. The topological polar surface area (TPSA) is 3.24 Å². The molecule has 1 fully saturated rings. The maximum absolute atomic E-state index is 13.4. The van der Waals surface area contributed by atoms with Crippen molar-refractivity contribution in [2.24, 2.45) is 0 Å². The summed E-state index contributed by atoms with van der Waals surface area (Å²) in [5, 5.41) is 0. The second-order valence-electron chi connectivity index (χ2n) is 4.05. The quantitative estimate of drug-likeness (QED) is 0.747. The van der Waals surface area contributed by atoms with Crippen LogP contribution in [0.15, 0.2) is 18.2 Å². The minimum Gasteiger partial charge on any atom is -0.293 e. The van der Waals surface area contributed by atoms with Crippen LogP contribution in [-0.2, 0) is 6.54 Å². The Morgan fingerprint density at radius 2 is 2.12 bits per heavy atom. The molecule has 1 heterocycles. The highest BCUT2D eigenvalue weighted by Gasteiger charge is 2.38. The molecule has 88 valence electrons. The minimum atomic E-state index is -2.61. The summed E-state index contributed by atoms with van der Waals surface area (Å²) in [4.78, 5) is 1.59. The Labute approximate surface area is 106 Å². The van der Waals surface area contributed by atoms with Crippen molar-refractivity contribution in [3.63, 3.8) is 0 Å². The van der Waals surface area contributed by atoms with Crippen LogP contribution in [0.3, 0.4) is 0 Å². The van der Waals surface area contributed by atoms with Gasteiger partial charge in [-0.05, 0) is 40.8 Å². The van der Waals surface area contributed by atoms with Crippen LogP contribution in [0.1, 0.15) is 12.0 Å². The van der Waals surface area contributed by atoms with Gasteiger partial charge in [0.25, 0.3) is 5.92 Å². The normalized spacial score (nSPS) is 20.2. The Kier molecular flexibility index (Phi) is 3.44. The van der Waals surface area contributed by atoms with Crippen molar-refractivity contribution in [1.82, 2.24) is 4.90 Å². The molecule has 2 rings (SSSR count). The van der Waals surface area contributed by atoms with Crippen molar-refractivity contribution in [2.45, 2.75) is 18.9 Å². The third-order valence-electron chi connectivity index (χ3n) is 2.65. The molecular weight excluding hydrogens is 330 g/mol. The molecule has 0 spiro atoms. The van der Waals surface area contributed by atoms with Crippen LogP contribution in [0, 0.1) is 9.39 Å². The Hall–Kier alpha value is -0.300. The van der Waals surface area contributed by atoms with Gasteiger partial charge in [-0.15, -0.1) is 0 Å². The van der Waals surface area contributed by atoms with Crippen LogP contribution in [0.25, 0.3) is 0 Å². The molecule has 0 radical (unpaired) electrons. The van der Waals surface area contributed by atoms with E-state index in [2.05, 4.69) is 22.6 Å². The molecule has 0 aliphatic carbocycles. The van der Waals surface area contributed by atoms with E-state index in [0.29, 0.717) is 12.1 Å². The van der Waals surface area contributed by atoms with E-state index in [4.69, 9.17) is 0 Å². The van der Waals surface area contributed by atoms with Crippen LogP contribution in [-0.4, -0.2) is 23.9 Å². The molecule has 0 bridgehead atoms. The summed E-state index contributed by atoms with van der Waals surface area (Å²) in [6.07, 6.45) is -0.126. The van der Waals surface area contributed by atoms with Crippen molar-refractivity contribution >= 4 is 22.6 Å². The van der Waals surface area contributed by atoms with Gasteiger partial charge in [-0.1, -0.05) is 0 Å².